The highest BCUT2D eigenvalue weighted by Gasteiger charge is 2.42. The standard InChI is InChI=1S/C13H15FO3/c1-9-8-10(14)2-3-11(9)13(12(15)16)4-6-17-7-5-13/h2-3,8H,4-7H2,1H3,(H,15,16). The molecule has 0 aromatic heterocycles. The average molecular weight is 238 g/mol. The lowest BCUT2D eigenvalue weighted by atomic mass is 9.72. The van der Waals surface area contributed by atoms with E-state index in [4.69, 9.17) is 4.74 Å². The van der Waals surface area contributed by atoms with Crippen molar-refractivity contribution in [2.75, 3.05) is 13.2 Å². The number of hydrogen-bond donors (Lipinski definition) is 1. The summed E-state index contributed by atoms with van der Waals surface area (Å²) in [4.78, 5) is 11.6. The molecule has 3 nitrogen and oxygen atoms in total. The van der Waals surface area contributed by atoms with Crippen LogP contribution in [-0.2, 0) is 14.9 Å². The second-order valence-corrected chi connectivity index (χ2v) is 4.46. The van der Waals surface area contributed by atoms with Crippen molar-refractivity contribution >= 4 is 5.97 Å². The molecule has 1 aliphatic heterocycles. The second-order valence-electron chi connectivity index (χ2n) is 4.46. The molecule has 0 saturated carbocycles. The Morgan fingerprint density at radius 1 is 1.41 bits per heavy atom. The van der Waals surface area contributed by atoms with E-state index in [1.165, 1.54) is 12.1 Å². The topological polar surface area (TPSA) is 46.5 Å². The molecule has 0 atom stereocenters. The maximum absolute atomic E-state index is 13.1. The van der Waals surface area contributed by atoms with Gasteiger partial charge in [-0.25, -0.2) is 4.39 Å². The van der Waals surface area contributed by atoms with Gasteiger partial charge in [0.1, 0.15) is 5.82 Å². The molecule has 17 heavy (non-hydrogen) atoms. The van der Waals surface area contributed by atoms with Crippen LogP contribution in [0.15, 0.2) is 18.2 Å². The molecule has 0 radical (unpaired) electrons. The van der Waals surface area contributed by atoms with Crippen LogP contribution in [0.2, 0.25) is 0 Å². The first-order valence-corrected chi connectivity index (χ1v) is 5.64. The van der Waals surface area contributed by atoms with Gasteiger partial charge in [0.25, 0.3) is 0 Å². The number of carboxylic acid groups (broad SMARTS) is 1. The van der Waals surface area contributed by atoms with Crippen LogP contribution < -0.4 is 0 Å². The number of halogens is 1. The van der Waals surface area contributed by atoms with Crippen molar-refractivity contribution in [3.63, 3.8) is 0 Å². The molecule has 1 aromatic carbocycles. The van der Waals surface area contributed by atoms with E-state index in [9.17, 15) is 14.3 Å². The highest BCUT2D eigenvalue weighted by molar-refractivity contribution is 5.82. The molecule has 4 heteroatoms. The van der Waals surface area contributed by atoms with Gasteiger partial charge in [0.05, 0.1) is 5.41 Å². The van der Waals surface area contributed by atoms with Gasteiger partial charge >= 0.3 is 5.97 Å². The zero-order chi connectivity index (χ0) is 12.5. The molecule has 0 bridgehead atoms. The number of benzene rings is 1. The maximum atomic E-state index is 13.1. The molecule has 2 rings (SSSR count). The SMILES string of the molecule is Cc1cc(F)ccc1C1(C(=O)O)CCOCC1. The summed E-state index contributed by atoms with van der Waals surface area (Å²) in [5.41, 5.74) is 0.472. The van der Waals surface area contributed by atoms with Crippen molar-refractivity contribution in [3.05, 3.63) is 35.1 Å². The van der Waals surface area contributed by atoms with Crippen molar-refractivity contribution in [2.45, 2.75) is 25.2 Å². The molecule has 1 saturated heterocycles. The lowest BCUT2D eigenvalue weighted by Gasteiger charge is -2.34. The highest BCUT2D eigenvalue weighted by Crippen LogP contribution is 2.37. The van der Waals surface area contributed by atoms with E-state index in [0.29, 0.717) is 37.2 Å². The summed E-state index contributed by atoms with van der Waals surface area (Å²) in [6.45, 7) is 2.62. The Hall–Kier alpha value is -1.42. The van der Waals surface area contributed by atoms with E-state index in [-0.39, 0.29) is 5.82 Å². The Bertz CT molecular complexity index is 436. The van der Waals surface area contributed by atoms with Crippen molar-refractivity contribution < 1.29 is 19.0 Å². The van der Waals surface area contributed by atoms with E-state index in [0.717, 1.165) is 0 Å². The number of aliphatic carboxylic acids is 1. The summed E-state index contributed by atoms with van der Waals surface area (Å²) in [7, 11) is 0. The monoisotopic (exact) mass is 238 g/mol. The molecule has 0 spiro atoms. The van der Waals surface area contributed by atoms with Crippen LogP contribution in [0.1, 0.15) is 24.0 Å². The zero-order valence-corrected chi connectivity index (χ0v) is 9.70. The fourth-order valence-electron chi connectivity index (χ4n) is 2.48. The smallest absolute Gasteiger partial charge is 0.314 e. The maximum Gasteiger partial charge on any atom is 0.314 e. The van der Waals surface area contributed by atoms with Gasteiger partial charge < -0.3 is 9.84 Å². The molecule has 1 aromatic rings. The first kappa shape index (κ1) is 12.0. The summed E-state index contributed by atoms with van der Waals surface area (Å²) in [5.74, 6) is -1.19. The van der Waals surface area contributed by atoms with E-state index in [1.54, 1.807) is 13.0 Å². The van der Waals surface area contributed by atoms with Crippen LogP contribution in [-0.4, -0.2) is 24.3 Å². The van der Waals surface area contributed by atoms with Crippen LogP contribution >= 0.6 is 0 Å². The Labute approximate surface area is 99.2 Å². The average Bonchev–Trinajstić information content (AvgIpc) is 2.29. The molecular weight excluding hydrogens is 223 g/mol. The number of ether oxygens (including phenoxy) is 1. The third-order valence-corrected chi connectivity index (χ3v) is 3.46. The van der Waals surface area contributed by atoms with E-state index >= 15 is 0 Å². The van der Waals surface area contributed by atoms with E-state index in [2.05, 4.69) is 0 Å². The predicted molar refractivity (Wildman–Crippen MR) is 60.5 cm³/mol. The van der Waals surface area contributed by atoms with Crippen molar-refractivity contribution in [2.24, 2.45) is 0 Å². The molecule has 1 N–H and O–H groups in total. The minimum Gasteiger partial charge on any atom is -0.481 e. The summed E-state index contributed by atoms with van der Waals surface area (Å²) in [6, 6.07) is 4.29. The van der Waals surface area contributed by atoms with Gasteiger partial charge in [0.15, 0.2) is 0 Å². The first-order chi connectivity index (χ1) is 8.06. The fourth-order valence-corrected chi connectivity index (χ4v) is 2.48. The van der Waals surface area contributed by atoms with Gasteiger partial charge in [-0.1, -0.05) is 6.07 Å². The van der Waals surface area contributed by atoms with Crippen LogP contribution in [0.25, 0.3) is 0 Å². The fraction of sp³-hybridized carbons (Fsp3) is 0.462. The zero-order valence-electron chi connectivity index (χ0n) is 9.70. The normalized spacial score (nSPS) is 18.9. The lowest BCUT2D eigenvalue weighted by Crippen LogP contribution is -2.41. The molecule has 0 aliphatic carbocycles. The van der Waals surface area contributed by atoms with Gasteiger partial charge in [-0.3, -0.25) is 4.79 Å². The Kier molecular flexibility index (Phi) is 3.15. The molecule has 92 valence electrons. The van der Waals surface area contributed by atoms with Crippen LogP contribution in [0.3, 0.4) is 0 Å². The van der Waals surface area contributed by atoms with E-state index < -0.39 is 11.4 Å². The number of aryl methyl sites for hydroxylation is 1. The Balaban J connectivity index is 2.49. The number of carboxylic acids is 1. The molecular formula is C13H15FO3. The molecule has 0 amide bonds. The van der Waals surface area contributed by atoms with Crippen molar-refractivity contribution in [3.8, 4) is 0 Å². The van der Waals surface area contributed by atoms with Gasteiger partial charge in [-0.2, -0.15) is 0 Å². The Morgan fingerprint density at radius 3 is 2.59 bits per heavy atom. The number of rotatable bonds is 2. The van der Waals surface area contributed by atoms with Crippen molar-refractivity contribution in [1.29, 1.82) is 0 Å². The van der Waals surface area contributed by atoms with Gasteiger partial charge in [-0.05, 0) is 43.0 Å². The minimum absolute atomic E-state index is 0.334. The quantitative estimate of drug-likeness (QED) is 0.859. The molecule has 1 fully saturated rings. The second kappa shape index (κ2) is 4.45. The first-order valence-electron chi connectivity index (χ1n) is 5.64. The lowest BCUT2D eigenvalue weighted by molar-refractivity contribution is -0.147. The number of carbonyl (C=O) groups is 1. The third-order valence-electron chi connectivity index (χ3n) is 3.46. The number of hydrogen-bond acceptors (Lipinski definition) is 2. The van der Waals surface area contributed by atoms with Crippen LogP contribution in [0.4, 0.5) is 4.39 Å². The molecule has 1 aliphatic rings. The molecule has 1 heterocycles. The molecule has 0 unspecified atom stereocenters. The summed E-state index contributed by atoms with van der Waals surface area (Å²) >= 11 is 0. The third kappa shape index (κ3) is 2.05. The largest absolute Gasteiger partial charge is 0.481 e. The van der Waals surface area contributed by atoms with Gasteiger partial charge in [-0.15, -0.1) is 0 Å². The van der Waals surface area contributed by atoms with E-state index in [1.807, 2.05) is 0 Å². The van der Waals surface area contributed by atoms with Crippen molar-refractivity contribution in [1.82, 2.24) is 0 Å². The summed E-state index contributed by atoms with van der Waals surface area (Å²) < 4.78 is 18.3. The predicted octanol–water partition coefficient (Wildman–Crippen LogP) is 2.27. The van der Waals surface area contributed by atoms with Crippen LogP contribution in [0.5, 0.6) is 0 Å². The Morgan fingerprint density at radius 2 is 2.06 bits per heavy atom. The van der Waals surface area contributed by atoms with Gasteiger partial charge in [0, 0.05) is 13.2 Å². The van der Waals surface area contributed by atoms with Gasteiger partial charge in [0.2, 0.25) is 0 Å². The summed E-state index contributed by atoms with van der Waals surface area (Å²) in [5, 5.41) is 9.49. The van der Waals surface area contributed by atoms with Crippen LogP contribution in [0, 0.1) is 12.7 Å². The summed E-state index contributed by atoms with van der Waals surface area (Å²) in [6.07, 6.45) is 0.879. The minimum atomic E-state index is -0.921. The highest BCUT2D eigenvalue weighted by atomic mass is 19.1.